The summed E-state index contributed by atoms with van der Waals surface area (Å²) in [6.07, 6.45) is 51.9. The number of aliphatic hydroxyl groups excluding tert-OH is 3. The van der Waals surface area contributed by atoms with Crippen molar-refractivity contribution in [2.45, 2.75) is 283 Å². The van der Waals surface area contributed by atoms with Crippen molar-refractivity contribution in [2.75, 3.05) is 6.61 Å². The molecule has 0 saturated heterocycles. The van der Waals surface area contributed by atoms with Crippen LogP contribution in [0.3, 0.4) is 0 Å². The summed E-state index contributed by atoms with van der Waals surface area (Å²) in [4.78, 5) is 12.5. The van der Waals surface area contributed by atoms with Crippen LogP contribution in [0.25, 0.3) is 0 Å². The summed E-state index contributed by atoms with van der Waals surface area (Å²) in [5.74, 6) is -0.284. The van der Waals surface area contributed by atoms with Crippen LogP contribution in [0.2, 0.25) is 0 Å². The number of hydrogen-bond acceptors (Lipinski definition) is 4. The van der Waals surface area contributed by atoms with E-state index in [1.54, 1.807) is 0 Å². The highest BCUT2D eigenvalue weighted by atomic mass is 16.3. The maximum absolute atomic E-state index is 12.5. The quantitative estimate of drug-likeness (QED) is 0.0369. The normalized spacial score (nSPS) is 13.5. The van der Waals surface area contributed by atoms with Gasteiger partial charge in [0.05, 0.1) is 31.3 Å². The summed E-state index contributed by atoms with van der Waals surface area (Å²) in [5.41, 5.74) is 0. The number of carbonyl (C=O) groups is 1. The first kappa shape index (κ1) is 52.1. The molecule has 0 fully saturated rings. The minimum Gasteiger partial charge on any atom is -0.394 e. The number of aliphatic hydroxyl groups is 3. The molecule has 316 valence electrons. The van der Waals surface area contributed by atoms with Crippen LogP contribution in [-0.2, 0) is 4.79 Å². The molecule has 0 aliphatic carbocycles. The summed E-state index contributed by atoms with van der Waals surface area (Å²) < 4.78 is 0. The molecule has 5 nitrogen and oxygen atoms in total. The first-order chi connectivity index (χ1) is 26.0. The Kier molecular flexibility index (Phi) is 43.1. The van der Waals surface area contributed by atoms with Gasteiger partial charge in [-0.2, -0.15) is 0 Å². The average molecular weight is 750 g/mol. The van der Waals surface area contributed by atoms with Gasteiger partial charge in [0.1, 0.15) is 0 Å². The molecule has 0 bridgehead atoms. The van der Waals surface area contributed by atoms with Crippen LogP contribution in [0.1, 0.15) is 264 Å². The summed E-state index contributed by atoms with van der Waals surface area (Å²) in [6, 6.07) is -0.658. The number of amides is 1. The Morgan fingerprint density at radius 3 is 1.09 bits per heavy atom. The summed E-state index contributed by atoms with van der Waals surface area (Å²) >= 11 is 0. The van der Waals surface area contributed by atoms with Gasteiger partial charge in [0.2, 0.25) is 5.91 Å². The van der Waals surface area contributed by atoms with E-state index in [2.05, 4.69) is 31.3 Å². The summed E-state index contributed by atoms with van der Waals surface area (Å²) in [6.45, 7) is 4.28. The molecule has 0 aromatic rings. The summed E-state index contributed by atoms with van der Waals surface area (Å²) in [5, 5.41) is 33.5. The van der Waals surface area contributed by atoms with Crippen molar-refractivity contribution in [3.05, 3.63) is 12.2 Å². The number of unbranched alkanes of at least 4 members (excludes halogenated alkanes) is 33. The Morgan fingerprint density at radius 1 is 0.453 bits per heavy atom. The van der Waals surface area contributed by atoms with Gasteiger partial charge in [-0.3, -0.25) is 4.79 Å². The Hall–Kier alpha value is -0.910. The van der Waals surface area contributed by atoms with E-state index >= 15 is 0 Å². The molecule has 0 aromatic heterocycles. The standard InChI is InChI=1S/C48H95NO4/c1-3-5-7-9-11-13-15-17-19-21-23-24-26-28-30-32-34-36-38-40-42-47(52)46(44-50)49-48(53)43-45(51)41-39-37-35-33-31-29-27-25-22-20-18-16-14-12-10-8-6-4-2/h25,27,45-47,50-52H,3-24,26,28-44H2,1-2H3,(H,49,53)/b27-25-. The molecule has 0 saturated carbocycles. The van der Waals surface area contributed by atoms with Crippen molar-refractivity contribution >= 4 is 5.91 Å². The third-order valence-corrected chi connectivity index (χ3v) is 11.3. The van der Waals surface area contributed by atoms with Crippen LogP contribution < -0.4 is 5.32 Å². The highest BCUT2D eigenvalue weighted by Gasteiger charge is 2.21. The molecule has 0 radical (unpaired) electrons. The molecule has 53 heavy (non-hydrogen) atoms. The maximum atomic E-state index is 12.5. The van der Waals surface area contributed by atoms with Crippen LogP contribution in [0.4, 0.5) is 0 Å². The van der Waals surface area contributed by atoms with Gasteiger partial charge in [0, 0.05) is 0 Å². The molecule has 3 atom stereocenters. The molecule has 0 spiro atoms. The zero-order chi connectivity index (χ0) is 38.7. The molecule has 0 aromatic carbocycles. The third kappa shape index (κ3) is 40.6. The SMILES string of the molecule is CCCCCCCCCCC/C=C\CCCCCCCC(O)CC(=O)NC(CO)C(O)CCCCCCCCCCCCCCCCCCCCCC. The fourth-order valence-electron chi connectivity index (χ4n) is 7.64. The van der Waals surface area contributed by atoms with Crippen molar-refractivity contribution < 1.29 is 20.1 Å². The fraction of sp³-hybridized carbons (Fsp3) is 0.938. The number of allylic oxidation sites excluding steroid dienone is 2. The Bertz CT molecular complexity index is 743. The first-order valence-electron chi connectivity index (χ1n) is 24.0. The second-order valence-corrected chi connectivity index (χ2v) is 16.7. The van der Waals surface area contributed by atoms with Crippen LogP contribution in [0.15, 0.2) is 12.2 Å². The second-order valence-electron chi connectivity index (χ2n) is 16.7. The van der Waals surface area contributed by atoms with E-state index < -0.39 is 18.2 Å². The third-order valence-electron chi connectivity index (χ3n) is 11.3. The van der Waals surface area contributed by atoms with Crippen LogP contribution in [0, 0.1) is 0 Å². The number of carbonyl (C=O) groups excluding carboxylic acids is 1. The lowest BCUT2D eigenvalue weighted by atomic mass is 10.0. The highest BCUT2D eigenvalue weighted by molar-refractivity contribution is 5.76. The van der Waals surface area contributed by atoms with E-state index in [9.17, 15) is 20.1 Å². The van der Waals surface area contributed by atoms with E-state index in [1.165, 1.54) is 199 Å². The van der Waals surface area contributed by atoms with Crippen LogP contribution in [0.5, 0.6) is 0 Å². The molecule has 4 N–H and O–H groups in total. The van der Waals surface area contributed by atoms with Crippen molar-refractivity contribution in [1.82, 2.24) is 5.32 Å². The van der Waals surface area contributed by atoms with E-state index in [0.29, 0.717) is 12.8 Å². The van der Waals surface area contributed by atoms with Crippen molar-refractivity contribution in [2.24, 2.45) is 0 Å². The van der Waals surface area contributed by atoms with Gasteiger partial charge in [-0.15, -0.1) is 0 Å². The average Bonchev–Trinajstić information content (AvgIpc) is 3.15. The maximum Gasteiger partial charge on any atom is 0.222 e. The molecule has 0 rings (SSSR count). The molecule has 3 unspecified atom stereocenters. The Morgan fingerprint density at radius 2 is 0.755 bits per heavy atom. The van der Waals surface area contributed by atoms with Crippen molar-refractivity contribution in [3.63, 3.8) is 0 Å². The first-order valence-corrected chi connectivity index (χ1v) is 24.0. The Labute approximate surface area is 331 Å². The lowest BCUT2D eigenvalue weighted by Crippen LogP contribution is -2.46. The lowest BCUT2D eigenvalue weighted by molar-refractivity contribution is -0.125. The predicted molar refractivity (Wildman–Crippen MR) is 232 cm³/mol. The van der Waals surface area contributed by atoms with Crippen LogP contribution in [-0.4, -0.2) is 46.1 Å². The molecule has 0 aliphatic heterocycles. The zero-order valence-corrected chi connectivity index (χ0v) is 35.9. The predicted octanol–water partition coefficient (Wildman–Crippen LogP) is 14.0. The van der Waals surface area contributed by atoms with Gasteiger partial charge in [0.15, 0.2) is 0 Å². The molecule has 5 heteroatoms. The molecule has 0 aliphatic rings. The van der Waals surface area contributed by atoms with Crippen LogP contribution >= 0.6 is 0 Å². The smallest absolute Gasteiger partial charge is 0.222 e. The van der Waals surface area contributed by atoms with Gasteiger partial charge in [-0.05, 0) is 38.5 Å². The van der Waals surface area contributed by atoms with Gasteiger partial charge >= 0.3 is 0 Å². The minimum absolute atomic E-state index is 0.0340. The largest absolute Gasteiger partial charge is 0.394 e. The van der Waals surface area contributed by atoms with Crippen molar-refractivity contribution in [3.8, 4) is 0 Å². The van der Waals surface area contributed by atoms with Gasteiger partial charge < -0.3 is 20.6 Å². The number of rotatable bonds is 44. The van der Waals surface area contributed by atoms with E-state index in [1.807, 2.05) is 0 Å². The van der Waals surface area contributed by atoms with E-state index in [-0.39, 0.29) is 18.9 Å². The van der Waals surface area contributed by atoms with E-state index in [0.717, 1.165) is 32.1 Å². The number of nitrogens with one attached hydrogen (secondary N) is 1. The van der Waals surface area contributed by atoms with Gasteiger partial charge in [-0.1, -0.05) is 231 Å². The monoisotopic (exact) mass is 750 g/mol. The molecular formula is C48H95NO4. The van der Waals surface area contributed by atoms with Crippen molar-refractivity contribution in [1.29, 1.82) is 0 Å². The topological polar surface area (TPSA) is 89.8 Å². The summed E-state index contributed by atoms with van der Waals surface area (Å²) in [7, 11) is 0. The number of hydrogen-bond donors (Lipinski definition) is 4. The van der Waals surface area contributed by atoms with Gasteiger partial charge in [-0.25, -0.2) is 0 Å². The second kappa shape index (κ2) is 43.8. The fourth-order valence-corrected chi connectivity index (χ4v) is 7.64. The van der Waals surface area contributed by atoms with Gasteiger partial charge in [0.25, 0.3) is 0 Å². The Balaban J connectivity index is 3.58. The molecule has 0 heterocycles. The lowest BCUT2D eigenvalue weighted by Gasteiger charge is -2.23. The van der Waals surface area contributed by atoms with E-state index in [4.69, 9.17) is 0 Å². The molecule has 1 amide bonds. The minimum atomic E-state index is -0.749. The highest BCUT2D eigenvalue weighted by Crippen LogP contribution is 2.17. The molecular weight excluding hydrogens is 655 g/mol. The zero-order valence-electron chi connectivity index (χ0n) is 35.9.